The largest absolute Gasteiger partial charge is 0.384 e. The van der Waals surface area contributed by atoms with Crippen LogP contribution in [0, 0.1) is 25.2 Å². The van der Waals surface area contributed by atoms with Crippen LogP contribution in [-0.2, 0) is 19.5 Å². The molecule has 2 aliphatic rings. The van der Waals surface area contributed by atoms with E-state index in [1.54, 1.807) is 0 Å². The zero-order valence-electron chi connectivity index (χ0n) is 24.5. The zero-order chi connectivity index (χ0) is 29.8. The molecule has 0 unspecified atom stereocenters. The Labute approximate surface area is 254 Å². The van der Waals surface area contributed by atoms with Gasteiger partial charge in [0.25, 0.3) is 6.67 Å². The van der Waals surface area contributed by atoms with Crippen molar-refractivity contribution in [3.05, 3.63) is 108 Å². The molecular weight excluding hydrogens is 550 g/mol. The van der Waals surface area contributed by atoms with Gasteiger partial charge in [-0.15, -0.1) is 0 Å². The Kier molecular flexibility index (Phi) is 6.08. The highest BCUT2D eigenvalue weighted by atomic mass is 16.5. The fraction of sp³-hybridized carbons (Fsp3) is 0.200. The molecule has 8 rings (SSSR count). The molecule has 0 fully saturated rings. The van der Waals surface area contributed by atoms with Crippen molar-refractivity contribution in [3.8, 4) is 39.4 Å². The molecule has 0 spiro atoms. The number of aromatic nitrogens is 4. The van der Waals surface area contributed by atoms with Gasteiger partial charge in [-0.1, -0.05) is 29.4 Å². The summed E-state index contributed by atoms with van der Waals surface area (Å²) in [6.07, 6.45) is 5.56. The summed E-state index contributed by atoms with van der Waals surface area (Å²) in [6.45, 7) is 6.08. The van der Waals surface area contributed by atoms with Gasteiger partial charge in [0.15, 0.2) is 5.76 Å². The second kappa shape index (κ2) is 10.3. The number of hydrogen-bond donors (Lipinski definition) is 1. The third-order valence-electron chi connectivity index (χ3n) is 8.66. The van der Waals surface area contributed by atoms with Gasteiger partial charge in [-0.05, 0) is 55.0 Å². The minimum absolute atomic E-state index is 0.477. The van der Waals surface area contributed by atoms with Crippen LogP contribution in [0.4, 0.5) is 17.1 Å². The highest BCUT2D eigenvalue weighted by molar-refractivity contribution is 5.89. The normalized spacial score (nSPS) is 13.5. The number of benzene rings is 3. The molecule has 0 aliphatic carbocycles. The number of nitrogens with zero attached hydrogens (tertiary/aromatic N) is 6. The van der Waals surface area contributed by atoms with Gasteiger partial charge in [0.2, 0.25) is 5.69 Å². The molecule has 0 radical (unpaired) electrons. The lowest BCUT2D eigenvalue weighted by molar-refractivity contribution is -0.873. The lowest BCUT2D eigenvalue weighted by Crippen LogP contribution is -2.40. The molecule has 6 aromatic rings. The standard InChI is InChI=1S/C35H30N7O2/c1-22-34-29-17-25(9-12-31(29)41(16-14-33(34)43-39-22)27-10-7-24(18-36)8-11-27)26-19-38-40(20-26)21-42-32-13-15-37-30-6-4-3-5-28(30)35(32)23(2)44-42/h3-12,17,19-20,37H,13-16,21H2,1-2H3/q+1. The summed E-state index contributed by atoms with van der Waals surface area (Å²) in [5.74, 6) is 1.79. The van der Waals surface area contributed by atoms with E-state index in [4.69, 9.17) is 14.1 Å². The summed E-state index contributed by atoms with van der Waals surface area (Å²) in [6, 6.07) is 24.8. The third kappa shape index (κ3) is 4.26. The number of anilines is 3. The molecule has 9 heteroatoms. The fourth-order valence-electron chi connectivity index (χ4n) is 6.60. The maximum absolute atomic E-state index is 9.29. The van der Waals surface area contributed by atoms with Crippen LogP contribution in [0.1, 0.15) is 28.5 Å². The van der Waals surface area contributed by atoms with Gasteiger partial charge >= 0.3 is 0 Å². The number of para-hydroxylation sites is 1. The Morgan fingerprint density at radius 3 is 2.70 bits per heavy atom. The Morgan fingerprint density at radius 1 is 0.977 bits per heavy atom. The average molecular weight is 581 g/mol. The van der Waals surface area contributed by atoms with Crippen LogP contribution in [-0.4, -0.2) is 28.0 Å². The predicted molar refractivity (Wildman–Crippen MR) is 166 cm³/mol. The van der Waals surface area contributed by atoms with Crippen molar-refractivity contribution in [2.45, 2.75) is 33.4 Å². The lowest BCUT2D eigenvalue weighted by atomic mass is 9.97. The summed E-state index contributed by atoms with van der Waals surface area (Å²) < 4.78 is 16.0. The van der Waals surface area contributed by atoms with Crippen molar-refractivity contribution in [1.82, 2.24) is 14.9 Å². The molecule has 5 heterocycles. The Bertz CT molecular complexity index is 2080. The van der Waals surface area contributed by atoms with Crippen LogP contribution >= 0.6 is 0 Å². The van der Waals surface area contributed by atoms with Crippen molar-refractivity contribution in [1.29, 1.82) is 5.26 Å². The van der Waals surface area contributed by atoms with Gasteiger partial charge in [-0.3, -0.25) is 0 Å². The zero-order valence-corrected chi connectivity index (χ0v) is 24.5. The van der Waals surface area contributed by atoms with Crippen molar-refractivity contribution >= 4 is 17.1 Å². The Balaban J connectivity index is 1.15. The summed E-state index contributed by atoms with van der Waals surface area (Å²) in [4.78, 5) is 2.28. The first kappa shape index (κ1) is 26.0. The molecule has 3 aromatic carbocycles. The van der Waals surface area contributed by atoms with Gasteiger partial charge in [0.1, 0.15) is 11.3 Å². The van der Waals surface area contributed by atoms with Crippen molar-refractivity contribution in [2.75, 3.05) is 23.3 Å². The smallest absolute Gasteiger partial charge is 0.286 e. The Hall–Kier alpha value is -5.62. The van der Waals surface area contributed by atoms with E-state index in [0.717, 1.165) is 88.0 Å². The lowest BCUT2D eigenvalue weighted by Gasteiger charge is -2.25. The molecule has 0 bridgehead atoms. The number of nitrogens with one attached hydrogen (secondary N) is 1. The molecule has 2 aliphatic heterocycles. The van der Waals surface area contributed by atoms with Crippen LogP contribution in [0.15, 0.2) is 88.2 Å². The van der Waals surface area contributed by atoms with Crippen LogP contribution in [0.2, 0.25) is 0 Å². The molecule has 0 saturated carbocycles. The minimum atomic E-state index is 0.477. The third-order valence-corrected chi connectivity index (χ3v) is 8.66. The SMILES string of the molecule is Cc1noc2c1-c1cc(-c3cnn(C[n+]4oc(C)c5c4CCNc4ccccc4-5)c3)ccc1N(c1ccc(C#N)cc1)CC2. The number of rotatable bonds is 4. The average Bonchev–Trinajstić information content (AvgIpc) is 3.67. The molecule has 3 aromatic heterocycles. The number of hydrogen-bond acceptors (Lipinski definition) is 7. The fourth-order valence-corrected chi connectivity index (χ4v) is 6.60. The highest BCUT2D eigenvalue weighted by Crippen LogP contribution is 2.43. The molecule has 0 atom stereocenters. The molecule has 1 N–H and O–H groups in total. The number of nitriles is 1. The van der Waals surface area contributed by atoms with Crippen LogP contribution in [0.3, 0.4) is 0 Å². The molecular formula is C35H30N7O2+. The predicted octanol–water partition coefficient (Wildman–Crippen LogP) is 6.41. The van der Waals surface area contributed by atoms with E-state index in [1.807, 2.05) is 53.7 Å². The second-order valence-electron chi connectivity index (χ2n) is 11.3. The van der Waals surface area contributed by atoms with E-state index in [0.29, 0.717) is 12.2 Å². The topological polar surface area (TPSA) is 99.9 Å². The van der Waals surface area contributed by atoms with Crippen molar-refractivity contribution in [2.24, 2.45) is 0 Å². The van der Waals surface area contributed by atoms with E-state index < -0.39 is 0 Å². The van der Waals surface area contributed by atoms with Gasteiger partial charge in [-0.2, -0.15) is 10.4 Å². The number of fused-ring (bicyclic) bond motifs is 6. The van der Waals surface area contributed by atoms with Crippen LogP contribution in [0.25, 0.3) is 33.4 Å². The molecule has 216 valence electrons. The van der Waals surface area contributed by atoms with Gasteiger partial charge in [0, 0.05) is 76.7 Å². The summed E-state index contributed by atoms with van der Waals surface area (Å²) in [7, 11) is 0. The van der Waals surface area contributed by atoms with Gasteiger partial charge < -0.3 is 14.7 Å². The molecule has 44 heavy (non-hydrogen) atoms. The van der Waals surface area contributed by atoms with Gasteiger partial charge in [-0.25, -0.2) is 9.20 Å². The summed E-state index contributed by atoms with van der Waals surface area (Å²) in [5.41, 5.74) is 12.4. The minimum Gasteiger partial charge on any atom is -0.384 e. The molecule has 9 nitrogen and oxygen atoms in total. The maximum atomic E-state index is 9.29. The van der Waals surface area contributed by atoms with Gasteiger partial charge in [0.05, 0.1) is 29.9 Å². The van der Waals surface area contributed by atoms with E-state index in [-0.39, 0.29) is 0 Å². The van der Waals surface area contributed by atoms with Crippen LogP contribution in [0.5, 0.6) is 0 Å². The Morgan fingerprint density at radius 2 is 1.84 bits per heavy atom. The van der Waals surface area contributed by atoms with Crippen molar-refractivity contribution in [3.63, 3.8) is 0 Å². The van der Waals surface area contributed by atoms with E-state index >= 15 is 0 Å². The van der Waals surface area contributed by atoms with E-state index in [9.17, 15) is 5.26 Å². The molecule has 0 amide bonds. The first-order chi connectivity index (χ1) is 21.6. The van der Waals surface area contributed by atoms with E-state index in [1.165, 1.54) is 11.3 Å². The maximum Gasteiger partial charge on any atom is 0.286 e. The highest BCUT2D eigenvalue weighted by Gasteiger charge is 2.31. The van der Waals surface area contributed by atoms with Crippen LogP contribution < -0.4 is 15.0 Å². The molecule has 0 saturated heterocycles. The summed E-state index contributed by atoms with van der Waals surface area (Å²) in [5, 5.41) is 21.9. The van der Waals surface area contributed by atoms with Crippen molar-refractivity contribution < 1.29 is 13.8 Å². The second-order valence-corrected chi connectivity index (χ2v) is 11.3. The monoisotopic (exact) mass is 580 g/mol. The quantitative estimate of drug-likeness (QED) is 0.241. The first-order valence-electron chi connectivity index (χ1n) is 14.8. The number of aryl methyl sites for hydroxylation is 2. The summed E-state index contributed by atoms with van der Waals surface area (Å²) >= 11 is 0. The van der Waals surface area contributed by atoms with E-state index in [2.05, 4.69) is 70.1 Å². The first-order valence-corrected chi connectivity index (χ1v) is 14.8.